The molecule has 0 saturated heterocycles. The SMILES string of the molecule is Cc1cc(-c2ccc(C(F)(F)F)cn2)[nH]c1C(=O)NC(C)(CCN)c1nc(CO)cs1. The van der Waals surface area contributed by atoms with Crippen molar-refractivity contribution in [3.8, 4) is 11.4 Å². The molecule has 7 nitrogen and oxygen atoms in total. The number of nitrogens with two attached hydrogens (primary N) is 1. The summed E-state index contributed by atoms with van der Waals surface area (Å²) in [5.41, 5.74) is 6.13. The molecule has 1 unspecified atom stereocenters. The maximum Gasteiger partial charge on any atom is 0.417 e. The van der Waals surface area contributed by atoms with Crippen molar-refractivity contribution < 1.29 is 23.1 Å². The van der Waals surface area contributed by atoms with Crippen LogP contribution < -0.4 is 11.1 Å². The van der Waals surface area contributed by atoms with Gasteiger partial charge in [-0.2, -0.15) is 13.2 Å². The number of amides is 1. The van der Waals surface area contributed by atoms with Crippen LogP contribution in [0.2, 0.25) is 0 Å². The van der Waals surface area contributed by atoms with E-state index < -0.39 is 23.2 Å². The number of rotatable bonds is 7. The average Bonchev–Trinajstić information content (AvgIpc) is 3.35. The number of hydrogen-bond donors (Lipinski definition) is 4. The molecule has 3 aromatic rings. The van der Waals surface area contributed by atoms with E-state index >= 15 is 0 Å². The molecular weight excluding hydrogens is 431 g/mol. The van der Waals surface area contributed by atoms with Crippen LogP contribution in [0, 0.1) is 6.92 Å². The lowest BCUT2D eigenvalue weighted by Gasteiger charge is -2.28. The Kier molecular flexibility index (Phi) is 6.48. The van der Waals surface area contributed by atoms with E-state index in [1.807, 2.05) is 0 Å². The van der Waals surface area contributed by atoms with Crippen LogP contribution in [0.15, 0.2) is 29.8 Å². The fourth-order valence-electron chi connectivity index (χ4n) is 3.11. The summed E-state index contributed by atoms with van der Waals surface area (Å²) in [7, 11) is 0. The van der Waals surface area contributed by atoms with Crippen molar-refractivity contribution >= 4 is 17.2 Å². The van der Waals surface area contributed by atoms with Gasteiger partial charge < -0.3 is 21.1 Å². The van der Waals surface area contributed by atoms with E-state index in [9.17, 15) is 23.1 Å². The van der Waals surface area contributed by atoms with Gasteiger partial charge in [0, 0.05) is 11.6 Å². The van der Waals surface area contributed by atoms with Crippen molar-refractivity contribution in [3.63, 3.8) is 0 Å². The molecule has 0 radical (unpaired) electrons. The summed E-state index contributed by atoms with van der Waals surface area (Å²) in [6.07, 6.45) is -3.30. The standard InChI is InChI=1S/C20H22F3N5O2S/c1-11-7-15(14-4-3-12(8-25-14)20(21,22)23)27-16(11)17(30)28-19(2,5-6-24)18-26-13(9-29)10-31-18/h3-4,7-8,10,27,29H,5-6,9,24H2,1-2H3,(H,28,30). The summed E-state index contributed by atoms with van der Waals surface area (Å²) >= 11 is 1.31. The highest BCUT2D eigenvalue weighted by Crippen LogP contribution is 2.31. The summed E-state index contributed by atoms with van der Waals surface area (Å²) in [5.74, 6) is -0.410. The smallest absolute Gasteiger partial charge is 0.390 e. The Hall–Kier alpha value is -2.76. The lowest BCUT2D eigenvalue weighted by atomic mass is 9.98. The van der Waals surface area contributed by atoms with Crippen molar-refractivity contribution in [2.45, 2.75) is 38.6 Å². The zero-order chi connectivity index (χ0) is 22.8. The summed E-state index contributed by atoms with van der Waals surface area (Å²) < 4.78 is 38.3. The zero-order valence-corrected chi connectivity index (χ0v) is 17.7. The van der Waals surface area contributed by atoms with Crippen molar-refractivity contribution in [2.75, 3.05) is 6.54 Å². The fraction of sp³-hybridized carbons (Fsp3) is 0.350. The molecular formula is C20H22F3N5O2S. The number of aromatic nitrogens is 3. The number of H-pyrrole nitrogens is 1. The normalized spacial score (nSPS) is 13.8. The van der Waals surface area contributed by atoms with Crippen LogP contribution in [0.5, 0.6) is 0 Å². The lowest BCUT2D eigenvalue weighted by Crippen LogP contribution is -2.45. The van der Waals surface area contributed by atoms with Crippen LogP contribution in [0.4, 0.5) is 13.2 Å². The first-order valence-electron chi connectivity index (χ1n) is 9.39. The minimum absolute atomic E-state index is 0.206. The second kappa shape index (κ2) is 8.77. The number of aryl methyl sites for hydroxylation is 1. The minimum Gasteiger partial charge on any atom is -0.390 e. The molecule has 0 aromatic carbocycles. The van der Waals surface area contributed by atoms with Gasteiger partial charge in [0.05, 0.1) is 34.8 Å². The topological polar surface area (TPSA) is 117 Å². The zero-order valence-electron chi connectivity index (χ0n) is 16.9. The fourth-order valence-corrected chi connectivity index (χ4v) is 4.07. The molecule has 3 rings (SSSR count). The quantitative estimate of drug-likeness (QED) is 0.438. The van der Waals surface area contributed by atoms with Gasteiger partial charge in [-0.1, -0.05) is 0 Å². The number of nitrogens with zero attached hydrogens (tertiary/aromatic N) is 2. The van der Waals surface area contributed by atoms with Crippen molar-refractivity contribution in [3.05, 3.63) is 57.3 Å². The first kappa shape index (κ1) is 22.9. The summed E-state index contributed by atoms with van der Waals surface area (Å²) in [5, 5.41) is 14.5. The molecule has 0 bridgehead atoms. The Balaban J connectivity index is 1.85. The molecule has 5 N–H and O–H groups in total. The lowest BCUT2D eigenvalue weighted by molar-refractivity contribution is -0.137. The third-order valence-electron chi connectivity index (χ3n) is 4.83. The maximum atomic E-state index is 13.0. The minimum atomic E-state index is -4.47. The number of carbonyl (C=O) groups excluding carboxylic acids is 1. The number of halogens is 3. The van der Waals surface area contributed by atoms with Gasteiger partial charge in [0.25, 0.3) is 5.91 Å². The third kappa shape index (κ3) is 4.94. The van der Waals surface area contributed by atoms with E-state index in [1.165, 1.54) is 17.4 Å². The van der Waals surface area contributed by atoms with Gasteiger partial charge in [-0.25, -0.2) is 4.98 Å². The number of aliphatic hydroxyl groups excluding tert-OH is 1. The molecule has 0 aliphatic heterocycles. The van der Waals surface area contributed by atoms with E-state index in [2.05, 4.69) is 20.3 Å². The van der Waals surface area contributed by atoms with Crippen LogP contribution in [0.1, 0.15) is 45.7 Å². The van der Waals surface area contributed by atoms with E-state index in [0.29, 0.717) is 34.9 Å². The monoisotopic (exact) mass is 453 g/mol. The largest absolute Gasteiger partial charge is 0.417 e. The molecule has 0 spiro atoms. The highest BCUT2D eigenvalue weighted by atomic mass is 32.1. The number of aliphatic hydroxyl groups is 1. The molecule has 166 valence electrons. The second-order valence-corrected chi connectivity index (χ2v) is 8.16. The van der Waals surface area contributed by atoms with Gasteiger partial charge in [0.15, 0.2) is 0 Å². The summed E-state index contributed by atoms with van der Waals surface area (Å²) in [6.45, 7) is 3.61. The summed E-state index contributed by atoms with van der Waals surface area (Å²) in [4.78, 5) is 24.2. The van der Waals surface area contributed by atoms with Gasteiger partial charge in [0.2, 0.25) is 0 Å². The number of nitrogens with one attached hydrogen (secondary N) is 2. The van der Waals surface area contributed by atoms with Crippen LogP contribution in [0.3, 0.4) is 0 Å². The van der Waals surface area contributed by atoms with Gasteiger partial charge >= 0.3 is 6.18 Å². The number of carbonyl (C=O) groups is 1. The molecule has 3 heterocycles. The van der Waals surface area contributed by atoms with Crippen LogP contribution >= 0.6 is 11.3 Å². The molecule has 31 heavy (non-hydrogen) atoms. The Morgan fingerprint density at radius 3 is 2.65 bits per heavy atom. The van der Waals surface area contributed by atoms with Gasteiger partial charge in [0.1, 0.15) is 10.7 Å². The Morgan fingerprint density at radius 2 is 2.10 bits per heavy atom. The molecule has 0 aliphatic rings. The van der Waals surface area contributed by atoms with Crippen LogP contribution in [0.25, 0.3) is 11.4 Å². The maximum absolute atomic E-state index is 13.0. The molecule has 11 heteroatoms. The van der Waals surface area contributed by atoms with E-state index in [1.54, 1.807) is 25.3 Å². The second-order valence-electron chi connectivity index (χ2n) is 7.30. The van der Waals surface area contributed by atoms with Gasteiger partial charge in [-0.05, 0) is 50.6 Å². The summed E-state index contributed by atoms with van der Waals surface area (Å²) in [6, 6.07) is 3.84. The van der Waals surface area contributed by atoms with Crippen molar-refractivity contribution in [1.29, 1.82) is 0 Å². The van der Waals surface area contributed by atoms with E-state index in [4.69, 9.17) is 5.73 Å². The average molecular weight is 453 g/mol. The number of alkyl halides is 3. The Bertz CT molecular complexity index is 1060. The molecule has 1 atom stereocenters. The Morgan fingerprint density at radius 1 is 1.35 bits per heavy atom. The number of thiazole rings is 1. The molecule has 3 aromatic heterocycles. The van der Waals surface area contributed by atoms with Crippen molar-refractivity contribution in [1.82, 2.24) is 20.3 Å². The molecule has 1 amide bonds. The highest BCUT2D eigenvalue weighted by Gasteiger charge is 2.33. The highest BCUT2D eigenvalue weighted by molar-refractivity contribution is 7.09. The molecule has 0 saturated carbocycles. The van der Waals surface area contributed by atoms with Crippen LogP contribution in [-0.4, -0.2) is 32.5 Å². The molecule has 0 aliphatic carbocycles. The van der Waals surface area contributed by atoms with Crippen LogP contribution in [-0.2, 0) is 18.3 Å². The number of hydrogen-bond acceptors (Lipinski definition) is 6. The molecule has 0 fully saturated rings. The number of aromatic amines is 1. The predicted molar refractivity (Wildman–Crippen MR) is 110 cm³/mol. The Labute approximate surface area is 180 Å². The van der Waals surface area contributed by atoms with Gasteiger partial charge in [-0.15, -0.1) is 11.3 Å². The predicted octanol–water partition coefficient (Wildman–Crippen LogP) is 3.35. The van der Waals surface area contributed by atoms with Gasteiger partial charge in [-0.3, -0.25) is 9.78 Å². The first-order chi connectivity index (χ1) is 14.6. The first-order valence-corrected chi connectivity index (χ1v) is 10.3. The van der Waals surface area contributed by atoms with E-state index in [-0.39, 0.29) is 18.0 Å². The third-order valence-corrected chi connectivity index (χ3v) is 5.98. The number of pyridine rings is 1. The van der Waals surface area contributed by atoms with Crippen molar-refractivity contribution in [2.24, 2.45) is 5.73 Å². The van der Waals surface area contributed by atoms with E-state index in [0.717, 1.165) is 12.3 Å².